The largest absolute Gasteiger partial charge is 0.493 e. The van der Waals surface area contributed by atoms with Crippen molar-refractivity contribution >= 4 is 11.9 Å². The summed E-state index contributed by atoms with van der Waals surface area (Å²) in [4.78, 5) is 24.3. The molecule has 0 unspecified atom stereocenters. The lowest BCUT2D eigenvalue weighted by Gasteiger charge is -2.12. The Balaban J connectivity index is 1.54. The smallest absolute Gasteiger partial charge is 0.338 e. The third-order valence-corrected chi connectivity index (χ3v) is 4.62. The quantitative estimate of drug-likeness (QED) is 0.526. The molecule has 3 rings (SSSR count). The predicted molar refractivity (Wildman–Crippen MR) is 112 cm³/mol. The molecule has 162 valence electrons. The van der Waals surface area contributed by atoms with Gasteiger partial charge in [0.1, 0.15) is 12.4 Å². The number of nitrogens with zero attached hydrogens (tertiary/aromatic N) is 1. The van der Waals surface area contributed by atoms with Gasteiger partial charge in [-0.25, -0.2) is 4.79 Å². The van der Waals surface area contributed by atoms with Crippen molar-refractivity contribution in [3.8, 4) is 11.5 Å². The van der Waals surface area contributed by atoms with E-state index >= 15 is 0 Å². The van der Waals surface area contributed by atoms with Crippen molar-refractivity contribution in [1.82, 2.24) is 10.5 Å². The Labute approximate surface area is 180 Å². The second-order valence-corrected chi connectivity index (χ2v) is 6.80. The number of amides is 1. The van der Waals surface area contributed by atoms with E-state index in [1.165, 1.54) is 13.2 Å². The molecule has 0 saturated heterocycles. The number of methoxy groups -OCH3 is 1. The van der Waals surface area contributed by atoms with Crippen LogP contribution in [0.5, 0.6) is 11.5 Å². The number of aryl methyl sites for hydroxylation is 2. The van der Waals surface area contributed by atoms with Crippen molar-refractivity contribution in [2.24, 2.45) is 0 Å². The van der Waals surface area contributed by atoms with E-state index < -0.39 is 5.97 Å². The van der Waals surface area contributed by atoms with Crippen molar-refractivity contribution < 1.29 is 28.3 Å². The second-order valence-electron chi connectivity index (χ2n) is 6.80. The molecule has 8 nitrogen and oxygen atoms in total. The van der Waals surface area contributed by atoms with Gasteiger partial charge in [0, 0.05) is 6.54 Å². The highest BCUT2D eigenvalue weighted by atomic mass is 16.5. The molecule has 0 bridgehead atoms. The first-order valence-corrected chi connectivity index (χ1v) is 9.68. The Morgan fingerprint density at radius 1 is 1.06 bits per heavy atom. The summed E-state index contributed by atoms with van der Waals surface area (Å²) in [7, 11) is 1.48. The topological polar surface area (TPSA) is 99.9 Å². The van der Waals surface area contributed by atoms with Crippen LogP contribution in [0.2, 0.25) is 0 Å². The molecule has 3 aromatic rings. The first-order chi connectivity index (χ1) is 15.0. The number of nitrogens with one attached hydrogen (secondary N) is 1. The Hall–Kier alpha value is -3.81. The van der Waals surface area contributed by atoms with Gasteiger partial charge >= 0.3 is 5.97 Å². The molecule has 0 aliphatic heterocycles. The van der Waals surface area contributed by atoms with Crippen LogP contribution in [0.15, 0.2) is 53.1 Å². The summed E-state index contributed by atoms with van der Waals surface area (Å²) in [6.07, 6.45) is 0. The van der Waals surface area contributed by atoms with Gasteiger partial charge in [0.2, 0.25) is 0 Å². The summed E-state index contributed by atoms with van der Waals surface area (Å²) in [6.45, 7) is 3.88. The lowest BCUT2D eigenvalue weighted by molar-refractivity contribution is -0.124. The molecule has 0 atom stereocenters. The van der Waals surface area contributed by atoms with Gasteiger partial charge in [-0.1, -0.05) is 35.5 Å². The first-order valence-electron chi connectivity index (χ1n) is 9.68. The van der Waals surface area contributed by atoms with E-state index in [2.05, 4.69) is 10.5 Å². The average molecular weight is 424 g/mol. The molecule has 1 amide bonds. The van der Waals surface area contributed by atoms with Crippen LogP contribution >= 0.6 is 0 Å². The number of esters is 1. The van der Waals surface area contributed by atoms with Gasteiger partial charge in [0.15, 0.2) is 18.1 Å². The number of hydrogen-bond donors (Lipinski definition) is 1. The third kappa shape index (κ3) is 5.85. The van der Waals surface area contributed by atoms with Gasteiger partial charge in [0.25, 0.3) is 5.91 Å². The SMILES string of the molecule is COc1cc(C(=O)OCC(=O)NCc2ccccc2)ccc1OCc1c(C)noc1C. The van der Waals surface area contributed by atoms with Crippen LogP contribution in [0.1, 0.15) is 32.9 Å². The van der Waals surface area contributed by atoms with Crippen molar-refractivity contribution in [3.05, 3.63) is 76.7 Å². The summed E-state index contributed by atoms with van der Waals surface area (Å²) < 4.78 is 21.4. The van der Waals surface area contributed by atoms with E-state index in [4.69, 9.17) is 18.7 Å². The molecule has 2 aromatic carbocycles. The molecule has 1 heterocycles. The van der Waals surface area contributed by atoms with Crippen LogP contribution in [0, 0.1) is 13.8 Å². The van der Waals surface area contributed by atoms with E-state index in [0.717, 1.165) is 16.8 Å². The third-order valence-electron chi connectivity index (χ3n) is 4.62. The number of carbonyl (C=O) groups is 2. The Kier molecular flexibility index (Phi) is 7.26. The highest BCUT2D eigenvalue weighted by Crippen LogP contribution is 2.29. The molecule has 0 saturated carbocycles. The van der Waals surface area contributed by atoms with Gasteiger partial charge < -0.3 is 24.1 Å². The van der Waals surface area contributed by atoms with Crippen LogP contribution in [-0.2, 0) is 22.7 Å². The minimum absolute atomic E-state index is 0.248. The van der Waals surface area contributed by atoms with E-state index in [1.807, 2.05) is 44.2 Å². The zero-order valence-electron chi connectivity index (χ0n) is 17.6. The molecule has 0 fully saturated rings. The van der Waals surface area contributed by atoms with Crippen molar-refractivity contribution in [3.63, 3.8) is 0 Å². The van der Waals surface area contributed by atoms with Crippen LogP contribution < -0.4 is 14.8 Å². The fraction of sp³-hybridized carbons (Fsp3) is 0.261. The number of ether oxygens (including phenoxy) is 3. The molecule has 1 aromatic heterocycles. The van der Waals surface area contributed by atoms with Gasteiger partial charge in [-0.15, -0.1) is 0 Å². The molecule has 31 heavy (non-hydrogen) atoms. The lowest BCUT2D eigenvalue weighted by atomic mass is 10.2. The fourth-order valence-corrected chi connectivity index (χ4v) is 2.83. The molecule has 0 aliphatic carbocycles. The standard InChI is InChI=1S/C23H24N2O6/c1-15-19(16(2)31-25-15)13-29-20-10-9-18(11-21(20)28-3)23(27)30-14-22(26)24-12-17-7-5-4-6-8-17/h4-11H,12-14H2,1-3H3,(H,24,26). The van der Waals surface area contributed by atoms with Gasteiger partial charge in [-0.3, -0.25) is 4.79 Å². The molecular formula is C23H24N2O6. The van der Waals surface area contributed by atoms with Crippen molar-refractivity contribution in [1.29, 1.82) is 0 Å². The number of hydrogen-bond acceptors (Lipinski definition) is 7. The number of benzene rings is 2. The number of rotatable bonds is 9. The molecule has 1 N–H and O–H groups in total. The zero-order chi connectivity index (χ0) is 22.2. The van der Waals surface area contributed by atoms with E-state index in [-0.39, 0.29) is 24.7 Å². The van der Waals surface area contributed by atoms with Crippen LogP contribution in [-0.4, -0.2) is 30.7 Å². The van der Waals surface area contributed by atoms with Crippen molar-refractivity contribution in [2.45, 2.75) is 27.0 Å². The van der Waals surface area contributed by atoms with E-state index in [9.17, 15) is 9.59 Å². The normalized spacial score (nSPS) is 10.4. The summed E-state index contributed by atoms with van der Waals surface area (Å²) in [5, 5.41) is 6.60. The van der Waals surface area contributed by atoms with Gasteiger partial charge in [0.05, 0.1) is 23.9 Å². The summed E-state index contributed by atoms with van der Waals surface area (Å²) >= 11 is 0. The molecular weight excluding hydrogens is 400 g/mol. The van der Waals surface area contributed by atoms with Crippen LogP contribution in [0.4, 0.5) is 0 Å². The number of aromatic nitrogens is 1. The maximum absolute atomic E-state index is 12.3. The average Bonchev–Trinajstić information content (AvgIpc) is 3.12. The Morgan fingerprint density at radius 3 is 2.52 bits per heavy atom. The highest BCUT2D eigenvalue weighted by molar-refractivity contribution is 5.92. The van der Waals surface area contributed by atoms with Crippen LogP contribution in [0.25, 0.3) is 0 Å². The maximum atomic E-state index is 12.3. The Morgan fingerprint density at radius 2 is 1.84 bits per heavy atom. The molecule has 0 radical (unpaired) electrons. The summed E-state index contributed by atoms with van der Waals surface area (Å²) in [5.41, 5.74) is 2.81. The predicted octanol–water partition coefficient (Wildman–Crippen LogP) is 3.35. The lowest BCUT2D eigenvalue weighted by Crippen LogP contribution is -2.28. The first kappa shape index (κ1) is 21.9. The highest BCUT2D eigenvalue weighted by Gasteiger charge is 2.16. The Bertz CT molecular complexity index is 1030. The summed E-state index contributed by atoms with van der Waals surface area (Å²) in [5.74, 6) is 0.491. The molecule has 0 aliphatic rings. The fourth-order valence-electron chi connectivity index (χ4n) is 2.83. The minimum Gasteiger partial charge on any atom is -0.493 e. The minimum atomic E-state index is -0.634. The molecule has 8 heteroatoms. The number of carbonyl (C=O) groups excluding carboxylic acids is 2. The monoisotopic (exact) mass is 424 g/mol. The maximum Gasteiger partial charge on any atom is 0.338 e. The zero-order valence-corrected chi connectivity index (χ0v) is 17.6. The molecule has 0 spiro atoms. The van der Waals surface area contributed by atoms with E-state index in [0.29, 0.717) is 23.8 Å². The van der Waals surface area contributed by atoms with E-state index in [1.54, 1.807) is 12.1 Å². The van der Waals surface area contributed by atoms with Crippen molar-refractivity contribution in [2.75, 3.05) is 13.7 Å². The summed E-state index contributed by atoms with van der Waals surface area (Å²) in [6, 6.07) is 14.1. The van der Waals surface area contributed by atoms with Crippen LogP contribution in [0.3, 0.4) is 0 Å². The second kappa shape index (κ2) is 10.3. The van der Waals surface area contributed by atoms with Gasteiger partial charge in [-0.05, 0) is 37.6 Å². The van der Waals surface area contributed by atoms with Gasteiger partial charge in [-0.2, -0.15) is 0 Å².